The molecule has 0 saturated carbocycles. The first kappa shape index (κ1) is 21.9. The molecule has 0 aromatic carbocycles. The van der Waals surface area contributed by atoms with Gasteiger partial charge in [-0.2, -0.15) is 0 Å². The molecule has 0 radical (unpaired) electrons. The van der Waals surface area contributed by atoms with Crippen LogP contribution in [0.3, 0.4) is 0 Å². The number of nitrogens with zero attached hydrogens (tertiary/aromatic N) is 3. The van der Waals surface area contributed by atoms with Crippen molar-refractivity contribution in [3.8, 4) is 0 Å². The van der Waals surface area contributed by atoms with Crippen molar-refractivity contribution >= 4 is 36.5 Å². The number of carbonyl (C=O) groups is 1. The summed E-state index contributed by atoms with van der Waals surface area (Å²) >= 11 is 0. The Kier molecular flexibility index (Phi) is 8.89. The number of hydrogen-bond acceptors (Lipinski definition) is 5. The number of piperidine rings is 2. The molecule has 1 aromatic heterocycles. The van der Waals surface area contributed by atoms with Crippen molar-refractivity contribution in [2.45, 2.75) is 32.6 Å². The van der Waals surface area contributed by atoms with Gasteiger partial charge < -0.3 is 15.5 Å². The van der Waals surface area contributed by atoms with E-state index in [2.05, 4.69) is 32.4 Å². The van der Waals surface area contributed by atoms with Crippen molar-refractivity contribution in [1.29, 1.82) is 0 Å². The van der Waals surface area contributed by atoms with Gasteiger partial charge in [0.25, 0.3) is 0 Å². The highest BCUT2D eigenvalue weighted by Gasteiger charge is 2.30. The fraction of sp³-hybridized carbons (Fsp3) is 0.706. The van der Waals surface area contributed by atoms with E-state index in [1.165, 1.54) is 0 Å². The lowest BCUT2D eigenvalue weighted by atomic mass is 9.81. The predicted octanol–water partition coefficient (Wildman–Crippen LogP) is 2.04. The molecule has 0 spiro atoms. The molecule has 2 aliphatic heterocycles. The smallest absolute Gasteiger partial charge is 0.223 e. The molecule has 3 heterocycles. The first-order valence-corrected chi connectivity index (χ1v) is 8.66. The third kappa shape index (κ3) is 5.97. The fourth-order valence-corrected chi connectivity index (χ4v) is 3.48. The Balaban J connectivity index is 0.00000156. The Morgan fingerprint density at radius 1 is 1.28 bits per heavy atom. The number of carbonyl (C=O) groups excluding carboxylic acids is 1. The third-order valence-electron chi connectivity index (χ3n) is 5.24. The largest absolute Gasteiger partial charge is 0.355 e. The second kappa shape index (κ2) is 10.1. The van der Waals surface area contributed by atoms with E-state index in [9.17, 15) is 4.79 Å². The average Bonchev–Trinajstić information content (AvgIpc) is 2.61. The molecule has 0 atom stereocenters. The van der Waals surface area contributed by atoms with E-state index in [4.69, 9.17) is 0 Å². The maximum atomic E-state index is 12.5. The van der Waals surface area contributed by atoms with Crippen molar-refractivity contribution < 1.29 is 4.79 Å². The highest BCUT2D eigenvalue weighted by atomic mass is 35.5. The van der Waals surface area contributed by atoms with Gasteiger partial charge >= 0.3 is 0 Å². The number of aromatic nitrogens is 2. The van der Waals surface area contributed by atoms with E-state index in [1.54, 1.807) is 18.6 Å². The number of anilines is 1. The van der Waals surface area contributed by atoms with Crippen molar-refractivity contribution in [3.63, 3.8) is 0 Å². The topological polar surface area (TPSA) is 70.2 Å². The Hall–Kier alpha value is -1.11. The summed E-state index contributed by atoms with van der Waals surface area (Å²) in [5.41, 5.74) is 0.251. The molecule has 2 saturated heterocycles. The maximum absolute atomic E-state index is 12.5. The van der Waals surface area contributed by atoms with Gasteiger partial charge in [0.2, 0.25) is 5.91 Å². The van der Waals surface area contributed by atoms with Gasteiger partial charge in [-0.05, 0) is 44.2 Å². The summed E-state index contributed by atoms with van der Waals surface area (Å²) in [4.78, 5) is 23.1. The summed E-state index contributed by atoms with van der Waals surface area (Å²) in [6.07, 6.45) is 9.25. The number of halogens is 2. The molecule has 2 aliphatic rings. The Labute approximate surface area is 162 Å². The lowest BCUT2D eigenvalue weighted by Gasteiger charge is -2.36. The molecular weight excluding hydrogens is 361 g/mol. The standard InChI is InChI=1S/C17H27N5O.2ClH/c1-17(4-6-18-7-5-17)13-21-16(23)14-2-10-22(11-3-14)15-12-19-8-9-20-15;;/h8-9,12,14,18H,2-7,10-11,13H2,1H3,(H,21,23);2*1H. The second-order valence-electron chi connectivity index (χ2n) is 7.10. The van der Waals surface area contributed by atoms with Gasteiger partial charge in [0.15, 0.2) is 0 Å². The zero-order chi connectivity index (χ0) is 16.1. The Bertz CT molecular complexity index is 517. The first-order chi connectivity index (χ1) is 11.2. The van der Waals surface area contributed by atoms with Crippen LogP contribution in [0.1, 0.15) is 32.6 Å². The van der Waals surface area contributed by atoms with Gasteiger partial charge in [-0.3, -0.25) is 9.78 Å². The molecule has 8 heteroatoms. The van der Waals surface area contributed by atoms with Crippen molar-refractivity contribution in [2.24, 2.45) is 11.3 Å². The van der Waals surface area contributed by atoms with Crippen LogP contribution >= 0.6 is 24.8 Å². The minimum Gasteiger partial charge on any atom is -0.355 e. The molecular formula is C17H29Cl2N5O. The van der Waals surface area contributed by atoms with Crippen LogP contribution in [0, 0.1) is 11.3 Å². The number of nitrogens with one attached hydrogen (secondary N) is 2. The second-order valence-corrected chi connectivity index (χ2v) is 7.10. The van der Waals surface area contributed by atoms with Crippen LogP contribution in [-0.2, 0) is 4.79 Å². The van der Waals surface area contributed by atoms with Gasteiger partial charge in [0.1, 0.15) is 5.82 Å². The first-order valence-electron chi connectivity index (χ1n) is 8.66. The SMILES string of the molecule is CC1(CNC(=O)C2CCN(c3cnccn3)CC2)CCNCC1.Cl.Cl. The summed E-state index contributed by atoms with van der Waals surface area (Å²) < 4.78 is 0. The molecule has 0 bridgehead atoms. The van der Waals surface area contributed by atoms with Crippen LogP contribution in [0.25, 0.3) is 0 Å². The maximum Gasteiger partial charge on any atom is 0.223 e. The van der Waals surface area contributed by atoms with Crippen molar-refractivity contribution in [1.82, 2.24) is 20.6 Å². The number of rotatable bonds is 4. The summed E-state index contributed by atoms with van der Waals surface area (Å²) in [6.45, 7) is 6.95. The molecule has 25 heavy (non-hydrogen) atoms. The van der Waals surface area contributed by atoms with E-state index >= 15 is 0 Å². The normalized spacial score (nSPS) is 20.1. The third-order valence-corrected chi connectivity index (χ3v) is 5.24. The molecule has 0 aliphatic carbocycles. The lowest BCUT2D eigenvalue weighted by Crippen LogP contribution is -2.46. The van der Waals surface area contributed by atoms with Crippen molar-refractivity contribution in [3.05, 3.63) is 18.6 Å². The van der Waals surface area contributed by atoms with Crippen molar-refractivity contribution in [2.75, 3.05) is 37.6 Å². The molecule has 6 nitrogen and oxygen atoms in total. The monoisotopic (exact) mass is 389 g/mol. The van der Waals surface area contributed by atoms with Gasteiger partial charge in [-0.1, -0.05) is 6.92 Å². The van der Waals surface area contributed by atoms with E-state index < -0.39 is 0 Å². The lowest BCUT2D eigenvalue weighted by molar-refractivity contribution is -0.126. The van der Waals surface area contributed by atoms with Crippen LogP contribution in [0.4, 0.5) is 5.82 Å². The quantitative estimate of drug-likeness (QED) is 0.824. The zero-order valence-corrected chi connectivity index (χ0v) is 16.4. The van der Waals surface area contributed by atoms with Gasteiger partial charge in [0, 0.05) is 37.9 Å². The summed E-state index contributed by atoms with van der Waals surface area (Å²) in [5, 5.41) is 6.59. The fourth-order valence-electron chi connectivity index (χ4n) is 3.48. The Morgan fingerprint density at radius 2 is 1.96 bits per heavy atom. The molecule has 1 aromatic rings. The number of amides is 1. The highest BCUT2D eigenvalue weighted by Crippen LogP contribution is 2.27. The van der Waals surface area contributed by atoms with E-state index in [1.807, 2.05) is 0 Å². The highest BCUT2D eigenvalue weighted by molar-refractivity contribution is 5.85. The van der Waals surface area contributed by atoms with Gasteiger partial charge in [-0.15, -0.1) is 24.8 Å². The summed E-state index contributed by atoms with van der Waals surface area (Å²) in [6, 6.07) is 0. The number of hydrogen-bond donors (Lipinski definition) is 2. The minimum atomic E-state index is 0. The van der Waals surface area contributed by atoms with Crippen LogP contribution in [0.2, 0.25) is 0 Å². The van der Waals surface area contributed by atoms with Crippen LogP contribution in [-0.4, -0.2) is 48.6 Å². The van der Waals surface area contributed by atoms with Crippen LogP contribution in [0.15, 0.2) is 18.6 Å². The zero-order valence-electron chi connectivity index (χ0n) is 14.7. The summed E-state index contributed by atoms with van der Waals surface area (Å²) in [5.74, 6) is 1.27. The molecule has 142 valence electrons. The minimum absolute atomic E-state index is 0. The van der Waals surface area contributed by atoms with Gasteiger partial charge in [-0.25, -0.2) is 4.98 Å². The molecule has 3 rings (SSSR count). The molecule has 2 N–H and O–H groups in total. The van der Waals surface area contributed by atoms with Crippen LogP contribution < -0.4 is 15.5 Å². The Morgan fingerprint density at radius 3 is 2.56 bits per heavy atom. The van der Waals surface area contributed by atoms with Crippen LogP contribution in [0.5, 0.6) is 0 Å². The van der Waals surface area contributed by atoms with E-state index in [-0.39, 0.29) is 42.1 Å². The average molecular weight is 390 g/mol. The molecule has 1 amide bonds. The van der Waals surface area contributed by atoms with E-state index in [0.717, 1.165) is 64.2 Å². The summed E-state index contributed by atoms with van der Waals surface area (Å²) in [7, 11) is 0. The van der Waals surface area contributed by atoms with E-state index in [0.29, 0.717) is 0 Å². The molecule has 2 fully saturated rings. The molecule has 0 unspecified atom stereocenters. The van der Waals surface area contributed by atoms with Gasteiger partial charge in [0.05, 0.1) is 6.20 Å². The predicted molar refractivity (Wildman–Crippen MR) is 105 cm³/mol.